The number of aliphatic carboxylic acids is 2. The number of aliphatic hydroxyl groups is 1. The van der Waals surface area contributed by atoms with Gasteiger partial charge in [0, 0.05) is 24.7 Å². The number of imidazole rings is 1. The van der Waals surface area contributed by atoms with Gasteiger partial charge in [0.15, 0.2) is 0 Å². The quantitative estimate of drug-likeness (QED) is 0.117. The highest BCUT2D eigenvalue weighted by molar-refractivity contribution is 7.98. The van der Waals surface area contributed by atoms with Crippen LogP contribution in [0.4, 0.5) is 0 Å². The number of nitrogens with two attached hydrogens (primary N) is 1. The first-order valence-corrected chi connectivity index (χ1v) is 11.7. The van der Waals surface area contributed by atoms with Crippen molar-refractivity contribution in [1.29, 1.82) is 0 Å². The number of carboxylic acid groups (broad SMARTS) is 2. The predicted octanol–water partition coefficient (Wildman–Crippen LogP) is -2.57. The van der Waals surface area contributed by atoms with Crippen molar-refractivity contribution >= 4 is 41.4 Å². The van der Waals surface area contributed by atoms with Gasteiger partial charge in [0.05, 0.1) is 19.0 Å². The normalized spacial score (nSPS) is 14.3. The summed E-state index contributed by atoms with van der Waals surface area (Å²) in [4.78, 5) is 66.4. The summed E-state index contributed by atoms with van der Waals surface area (Å²) in [6.07, 6.45) is 4.12. The van der Waals surface area contributed by atoms with E-state index in [0.717, 1.165) is 0 Å². The Balaban J connectivity index is 2.90. The third-order valence-electron chi connectivity index (χ3n) is 4.66. The van der Waals surface area contributed by atoms with Gasteiger partial charge < -0.3 is 42.0 Å². The number of carbonyl (C=O) groups excluding carboxylic acids is 3. The van der Waals surface area contributed by atoms with Crippen LogP contribution in [0.25, 0.3) is 0 Å². The number of nitrogens with one attached hydrogen (secondary N) is 4. The molecule has 3 amide bonds. The van der Waals surface area contributed by atoms with Crippen LogP contribution in [0.3, 0.4) is 0 Å². The maximum atomic E-state index is 12.8. The summed E-state index contributed by atoms with van der Waals surface area (Å²) >= 11 is 1.41. The van der Waals surface area contributed by atoms with Gasteiger partial charge in [-0.05, 0) is 24.9 Å². The Labute approximate surface area is 199 Å². The number of thioether (sulfide) groups is 1. The lowest BCUT2D eigenvalue weighted by Gasteiger charge is -2.24. The molecule has 0 aliphatic rings. The number of amides is 3. The van der Waals surface area contributed by atoms with Gasteiger partial charge in [-0.15, -0.1) is 0 Å². The molecule has 0 aromatic carbocycles. The first-order chi connectivity index (χ1) is 16.1. The van der Waals surface area contributed by atoms with E-state index in [1.54, 1.807) is 6.26 Å². The van der Waals surface area contributed by atoms with E-state index in [1.807, 2.05) is 0 Å². The van der Waals surface area contributed by atoms with Gasteiger partial charge in [-0.2, -0.15) is 11.8 Å². The Hall–Kier alpha value is -3.17. The van der Waals surface area contributed by atoms with Crippen molar-refractivity contribution in [2.24, 2.45) is 5.73 Å². The molecule has 0 saturated heterocycles. The monoisotopic (exact) mass is 502 g/mol. The molecule has 1 aromatic rings. The number of carbonyl (C=O) groups is 5. The lowest BCUT2D eigenvalue weighted by atomic mass is 10.1. The molecule has 1 aromatic heterocycles. The molecule has 4 unspecified atom stereocenters. The Morgan fingerprint density at radius 2 is 1.65 bits per heavy atom. The molecular weight excluding hydrogens is 472 g/mol. The van der Waals surface area contributed by atoms with E-state index in [-0.39, 0.29) is 25.7 Å². The third-order valence-corrected chi connectivity index (χ3v) is 5.30. The van der Waals surface area contributed by atoms with Crippen LogP contribution in [-0.2, 0) is 30.4 Å². The van der Waals surface area contributed by atoms with Crippen LogP contribution >= 0.6 is 11.8 Å². The number of aromatic nitrogens is 2. The van der Waals surface area contributed by atoms with E-state index in [1.165, 1.54) is 24.3 Å². The minimum atomic E-state index is -1.48. The molecule has 9 N–H and O–H groups in total. The Bertz CT molecular complexity index is 837. The Morgan fingerprint density at radius 3 is 2.18 bits per heavy atom. The average Bonchev–Trinajstić information content (AvgIpc) is 3.30. The van der Waals surface area contributed by atoms with Crippen molar-refractivity contribution in [2.75, 3.05) is 18.6 Å². The second-order valence-corrected chi connectivity index (χ2v) is 8.29. The van der Waals surface area contributed by atoms with Crippen LogP contribution in [0.5, 0.6) is 0 Å². The molecule has 15 heteroatoms. The fourth-order valence-electron chi connectivity index (χ4n) is 2.75. The van der Waals surface area contributed by atoms with E-state index in [9.17, 15) is 34.2 Å². The summed E-state index contributed by atoms with van der Waals surface area (Å²) in [6, 6.07) is -5.14. The molecule has 1 heterocycles. The zero-order valence-corrected chi connectivity index (χ0v) is 19.3. The zero-order valence-electron chi connectivity index (χ0n) is 18.5. The summed E-state index contributed by atoms with van der Waals surface area (Å²) in [5.41, 5.74) is 6.08. The van der Waals surface area contributed by atoms with Gasteiger partial charge in [0.25, 0.3) is 0 Å². The second-order valence-electron chi connectivity index (χ2n) is 7.31. The second kappa shape index (κ2) is 14.9. The topological polar surface area (TPSA) is 237 Å². The van der Waals surface area contributed by atoms with Crippen LogP contribution in [0.15, 0.2) is 12.5 Å². The third kappa shape index (κ3) is 10.2. The fraction of sp³-hybridized carbons (Fsp3) is 0.579. The number of aliphatic hydroxyl groups excluding tert-OH is 1. The molecule has 0 aliphatic carbocycles. The highest BCUT2D eigenvalue weighted by Gasteiger charge is 2.30. The van der Waals surface area contributed by atoms with Crippen molar-refractivity contribution in [3.05, 3.63) is 18.2 Å². The molecule has 14 nitrogen and oxygen atoms in total. The number of nitrogens with zero attached hydrogens (tertiary/aromatic N) is 1. The van der Waals surface area contributed by atoms with Gasteiger partial charge in [0.1, 0.15) is 18.1 Å². The average molecular weight is 503 g/mol. The number of hydrogen-bond donors (Lipinski definition) is 8. The van der Waals surface area contributed by atoms with E-state index in [2.05, 4.69) is 25.9 Å². The molecular formula is C19H30N6O8S. The van der Waals surface area contributed by atoms with E-state index in [0.29, 0.717) is 11.4 Å². The van der Waals surface area contributed by atoms with Crippen molar-refractivity contribution < 1.29 is 39.3 Å². The zero-order chi connectivity index (χ0) is 25.7. The summed E-state index contributed by atoms with van der Waals surface area (Å²) in [5, 5.41) is 34.6. The molecule has 34 heavy (non-hydrogen) atoms. The fourth-order valence-corrected chi connectivity index (χ4v) is 3.22. The minimum Gasteiger partial charge on any atom is -0.481 e. The van der Waals surface area contributed by atoms with Crippen LogP contribution in [0.1, 0.15) is 25.0 Å². The van der Waals surface area contributed by atoms with Crippen molar-refractivity contribution in [3.63, 3.8) is 0 Å². The molecule has 0 bridgehead atoms. The molecule has 1 rings (SSSR count). The number of H-pyrrole nitrogens is 1. The SMILES string of the molecule is CSCCC(NC(=O)C(Cc1cnc[nH]1)NC(=O)C(CO)NC(=O)C(N)CCC(=O)O)C(=O)O. The minimum absolute atomic E-state index is 0.0728. The molecule has 190 valence electrons. The highest BCUT2D eigenvalue weighted by atomic mass is 32.2. The molecule has 0 spiro atoms. The molecule has 0 aliphatic heterocycles. The maximum absolute atomic E-state index is 12.8. The molecule has 0 fully saturated rings. The number of carboxylic acids is 2. The Morgan fingerprint density at radius 1 is 1.03 bits per heavy atom. The van der Waals surface area contributed by atoms with Crippen molar-refractivity contribution in [2.45, 2.75) is 49.9 Å². The number of aromatic amines is 1. The highest BCUT2D eigenvalue weighted by Crippen LogP contribution is 2.05. The first-order valence-electron chi connectivity index (χ1n) is 10.3. The summed E-state index contributed by atoms with van der Waals surface area (Å²) < 4.78 is 0. The molecule has 4 atom stereocenters. The van der Waals surface area contributed by atoms with Crippen LogP contribution < -0.4 is 21.7 Å². The smallest absolute Gasteiger partial charge is 0.326 e. The van der Waals surface area contributed by atoms with Crippen molar-refractivity contribution in [1.82, 2.24) is 25.9 Å². The van der Waals surface area contributed by atoms with Crippen molar-refractivity contribution in [3.8, 4) is 0 Å². The standard InChI is InChI=1S/C19H30N6O8S/c1-34-5-4-12(19(32)33)23-17(30)13(6-10-7-21-9-22-10)24-18(31)14(8-26)25-16(29)11(20)2-3-15(27)28/h7,9,11-14,26H,2-6,8,20H2,1H3,(H,21,22)(H,23,30)(H,24,31)(H,25,29)(H,27,28)(H,32,33). The maximum Gasteiger partial charge on any atom is 0.326 e. The lowest BCUT2D eigenvalue weighted by molar-refractivity contribution is -0.142. The predicted molar refractivity (Wildman–Crippen MR) is 121 cm³/mol. The summed E-state index contributed by atoms with van der Waals surface area (Å²) in [7, 11) is 0. The number of hydrogen-bond acceptors (Lipinski definition) is 9. The van der Waals surface area contributed by atoms with Gasteiger partial charge in [-0.3, -0.25) is 19.2 Å². The van der Waals surface area contributed by atoms with Gasteiger partial charge in [-0.25, -0.2) is 9.78 Å². The summed E-state index contributed by atoms with van der Waals surface area (Å²) in [5.74, 6) is -4.45. The first kappa shape index (κ1) is 28.9. The molecule has 0 radical (unpaired) electrons. The molecule has 0 saturated carbocycles. The van der Waals surface area contributed by atoms with Crippen LogP contribution in [0, 0.1) is 0 Å². The van der Waals surface area contributed by atoms with Crippen LogP contribution in [0.2, 0.25) is 0 Å². The van der Waals surface area contributed by atoms with Crippen LogP contribution in [-0.4, -0.2) is 97.7 Å². The van der Waals surface area contributed by atoms with Gasteiger partial charge in [0.2, 0.25) is 17.7 Å². The summed E-state index contributed by atoms with van der Waals surface area (Å²) in [6.45, 7) is -0.826. The van der Waals surface area contributed by atoms with E-state index in [4.69, 9.17) is 10.8 Å². The lowest BCUT2D eigenvalue weighted by Crippen LogP contribution is -2.58. The van der Waals surface area contributed by atoms with Gasteiger partial charge >= 0.3 is 11.9 Å². The van der Waals surface area contributed by atoms with Gasteiger partial charge in [-0.1, -0.05) is 0 Å². The number of rotatable bonds is 16. The van der Waals surface area contributed by atoms with E-state index < -0.39 is 60.4 Å². The largest absolute Gasteiger partial charge is 0.481 e. The Kier molecular flexibility index (Phi) is 12.6. The van der Waals surface area contributed by atoms with E-state index >= 15 is 0 Å².